The van der Waals surface area contributed by atoms with Crippen LogP contribution in [0.15, 0.2) is 76.9 Å². The summed E-state index contributed by atoms with van der Waals surface area (Å²) < 4.78 is 83.8. The average molecular weight is 685 g/mol. The normalized spacial score (nSPS) is 19.5. The zero-order chi connectivity index (χ0) is 34.5. The Labute approximate surface area is 269 Å². The van der Waals surface area contributed by atoms with E-state index >= 15 is 0 Å². The molecule has 1 heterocycles. The fourth-order valence-corrected chi connectivity index (χ4v) is 5.74. The summed E-state index contributed by atoms with van der Waals surface area (Å²) >= 11 is 1.12. The van der Waals surface area contributed by atoms with Gasteiger partial charge in [0.05, 0.1) is 18.2 Å². The minimum atomic E-state index is -5.11. The molecular weight excluding hydrogens is 654 g/mol. The molecule has 0 bridgehead atoms. The summed E-state index contributed by atoms with van der Waals surface area (Å²) in [6, 6.07) is 8.65. The van der Waals surface area contributed by atoms with Gasteiger partial charge < -0.3 is 16.0 Å². The zero-order valence-electron chi connectivity index (χ0n) is 24.8. The molecule has 3 unspecified atom stereocenters. The number of nitrogens with two attached hydrogens (primary N) is 1. The van der Waals surface area contributed by atoms with E-state index in [2.05, 4.69) is 15.0 Å². The molecule has 10 nitrogen and oxygen atoms in total. The third kappa shape index (κ3) is 9.05. The molecule has 2 aromatic carbocycles. The van der Waals surface area contributed by atoms with Crippen LogP contribution < -0.4 is 15.8 Å². The Morgan fingerprint density at radius 2 is 1.81 bits per heavy atom. The molecule has 2 aromatic rings. The van der Waals surface area contributed by atoms with E-state index in [4.69, 9.17) is 5.73 Å². The molecule has 2 amide bonds. The van der Waals surface area contributed by atoms with Gasteiger partial charge in [-0.2, -0.15) is 26.3 Å². The van der Waals surface area contributed by atoms with Crippen LogP contribution in [0, 0.1) is 10.1 Å². The highest BCUT2D eigenvalue weighted by atomic mass is 32.2. The molecule has 0 radical (unpaired) electrons. The second kappa shape index (κ2) is 14.5. The predicted molar refractivity (Wildman–Crippen MR) is 162 cm³/mol. The molecule has 0 saturated heterocycles. The second-order valence-electron chi connectivity index (χ2n) is 10.8. The fraction of sp³-hybridized carbons (Fsp3) is 0.367. The number of amidine groups is 1. The number of allylic oxidation sites excluding steroid dienone is 1. The van der Waals surface area contributed by atoms with E-state index in [0.29, 0.717) is 18.4 Å². The van der Waals surface area contributed by atoms with Crippen molar-refractivity contribution in [3.05, 3.63) is 104 Å². The van der Waals surface area contributed by atoms with Crippen LogP contribution in [0.25, 0.3) is 0 Å². The van der Waals surface area contributed by atoms with Crippen molar-refractivity contribution in [2.75, 3.05) is 13.1 Å². The largest absolute Gasteiger partial charge is 0.431 e. The topological polar surface area (TPSA) is 143 Å². The first kappa shape index (κ1) is 35.3. The zero-order valence-corrected chi connectivity index (χ0v) is 25.6. The number of nitrogens with zero attached hydrogens (tertiary/aromatic N) is 3. The van der Waals surface area contributed by atoms with Gasteiger partial charge in [0.25, 0.3) is 11.8 Å². The van der Waals surface area contributed by atoms with Gasteiger partial charge >= 0.3 is 12.4 Å². The second-order valence-corrected chi connectivity index (χ2v) is 11.9. The van der Waals surface area contributed by atoms with Crippen molar-refractivity contribution in [3.63, 3.8) is 0 Å². The number of nitrogens with one attached hydrogen (secondary N) is 2. The summed E-state index contributed by atoms with van der Waals surface area (Å²) in [7, 11) is 0. The lowest BCUT2D eigenvalue weighted by Gasteiger charge is -2.25. The van der Waals surface area contributed by atoms with Crippen molar-refractivity contribution in [3.8, 4) is 0 Å². The third-order valence-corrected chi connectivity index (χ3v) is 8.47. The van der Waals surface area contributed by atoms with Gasteiger partial charge in [-0.25, -0.2) is 0 Å². The van der Waals surface area contributed by atoms with Gasteiger partial charge in [0, 0.05) is 35.2 Å². The van der Waals surface area contributed by atoms with Crippen LogP contribution in [-0.4, -0.2) is 58.0 Å². The predicted octanol–water partition coefficient (Wildman–Crippen LogP) is 5.31. The highest BCUT2D eigenvalue weighted by Crippen LogP contribution is 2.31. The van der Waals surface area contributed by atoms with E-state index in [0.717, 1.165) is 24.1 Å². The summed E-state index contributed by atoms with van der Waals surface area (Å²) in [4.78, 5) is 41.8. The van der Waals surface area contributed by atoms with Gasteiger partial charge in [0.15, 0.2) is 0 Å². The van der Waals surface area contributed by atoms with Gasteiger partial charge in [-0.1, -0.05) is 30.3 Å². The van der Waals surface area contributed by atoms with Crippen LogP contribution in [0.5, 0.6) is 0 Å². The van der Waals surface area contributed by atoms with Crippen LogP contribution >= 0.6 is 11.9 Å². The van der Waals surface area contributed by atoms with Crippen LogP contribution in [0.4, 0.5) is 26.3 Å². The quantitative estimate of drug-likeness (QED) is 0.0769. The molecule has 3 atom stereocenters. The van der Waals surface area contributed by atoms with Gasteiger partial charge in [0.2, 0.25) is 6.04 Å². The number of halogens is 6. The molecule has 17 heteroatoms. The molecule has 0 aromatic heterocycles. The van der Waals surface area contributed by atoms with Crippen LogP contribution in [0.3, 0.4) is 0 Å². The highest BCUT2D eigenvalue weighted by Gasteiger charge is 2.40. The van der Waals surface area contributed by atoms with Crippen LogP contribution in [0.2, 0.25) is 0 Å². The lowest BCUT2D eigenvalue weighted by molar-refractivity contribution is -0.510. The number of carbonyl (C=O) groups is 2. The first-order chi connectivity index (χ1) is 22.0. The van der Waals surface area contributed by atoms with Crippen molar-refractivity contribution in [1.82, 2.24) is 14.9 Å². The molecule has 47 heavy (non-hydrogen) atoms. The maximum absolute atomic E-state index is 13.8. The van der Waals surface area contributed by atoms with Gasteiger partial charge in [0.1, 0.15) is 17.1 Å². The number of benzene rings is 2. The lowest BCUT2D eigenvalue weighted by Crippen LogP contribution is -2.40. The first-order valence-corrected chi connectivity index (χ1v) is 15.1. The molecule has 0 fully saturated rings. The Bertz CT molecular complexity index is 1590. The Morgan fingerprint density at radius 1 is 1.11 bits per heavy atom. The van der Waals surface area contributed by atoms with E-state index in [1.54, 1.807) is 6.08 Å². The number of rotatable bonds is 10. The van der Waals surface area contributed by atoms with E-state index in [1.165, 1.54) is 54.3 Å². The molecule has 0 saturated carbocycles. The van der Waals surface area contributed by atoms with Crippen LogP contribution in [-0.2, 0) is 17.5 Å². The maximum Gasteiger partial charge on any atom is 0.431 e. The molecule has 0 spiro atoms. The highest BCUT2D eigenvalue weighted by molar-refractivity contribution is 7.98. The number of aliphatic imine (C=N–C) groups is 1. The maximum atomic E-state index is 13.8. The summed E-state index contributed by atoms with van der Waals surface area (Å²) in [6.07, 6.45) is -5.72. The molecule has 4 rings (SSSR count). The van der Waals surface area contributed by atoms with E-state index < -0.39 is 58.9 Å². The smallest absolute Gasteiger partial charge is 0.394 e. The van der Waals surface area contributed by atoms with E-state index in [9.17, 15) is 46.0 Å². The lowest BCUT2D eigenvalue weighted by atomic mass is 10.0. The number of nitro groups is 1. The van der Waals surface area contributed by atoms with Crippen LogP contribution in [0.1, 0.15) is 52.9 Å². The van der Waals surface area contributed by atoms with Crippen molar-refractivity contribution in [2.24, 2.45) is 10.7 Å². The van der Waals surface area contributed by atoms with Crippen molar-refractivity contribution >= 4 is 29.6 Å². The number of amides is 2. The fourth-order valence-electron chi connectivity index (χ4n) is 4.94. The molecule has 4 N–H and O–H groups in total. The molecular formula is C30H30F6N6O4S. The molecule has 1 aliphatic carbocycles. The monoisotopic (exact) mass is 684 g/mol. The van der Waals surface area contributed by atoms with E-state index in [-0.39, 0.29) is 40.9 Å². The Hall–Kier alpha value is -4.54. The number of hydrogen-bond acceptors (Lipinski definition) is 8. The summed E-state index contributed by atoms with van der Waals surface area (Å²) in [5.41, 5.74) is 2.70. The number of hydrogen-bond donors (Lipinski definition) is 3. The number of carbonyl (C=O) groups excluding carboxylic acids is 2. The van der Waals surface area contributed by atoms with Gasteiger partial charge in [-0.3, -0.25) is 29.4 Å². The molecule has 252 valence electrons. The summed E-state index contributed by atoms with van der Waals surface area (Å²) in [5, 5.41) is 13.2. The van der Waals surface area contributed by atoms with Crippen molar-refractivity contribution < 1.29 is 40.9 Å². The van der Waals surface area contributed by atoms with Gasteiger partial charge in [-0.05, 0) is 66.8 Å². The van der Waals surface area contributed by atoms with Crippen molar-refractivity contribution in [2.45, 2.75) is 56.0 Å². The van der Waals surface area contributed by atoms with Gasteiger partial charge in [-0.15, -0.1) is 0 Å². The standard InChI is InChI=1S/C30H30F6N6O4S/c1-17(19-5-7-20(8-6-19)27(43)40-47-23-11-9-22(10-12-23)42(45)46)39-28(44)24(25(37)30(34,35)36)26-38-13-14-41(26)16-18-3-2-4-21(15-18)29(31,32)33/h2-9,11,15,17,22-23H,10,12-14,16,37H2,1H3,(H,39,44)(H,40,43). The minimum Gasteiger partial charge on any atom is -0.394 e. The molecule has 2 aliphatic rings. The summed E-state index contributed by atoms with van der Waals surface area (Å²) in [5.74, 6) is -2.03. The SMILES string of the molecule is CC(NC(=O)C(C1=NCCN1Cc1cccc(C(F)(F)F)c1)=C(N)C(F)(F)F)c1ccc(C(=O)NSC2C=CC([N+](=O)[O-])CC2)cc1. The minimum absolute atomic E-state index is 0.00991. The molecule has 1 aliphatic heterocycles. The number of alkyl halides is 6. The Balaban J connectivity index is 1.44. The average Bonchev–Trinajstić information content (AvgIpc) is 3.46. The Morgan fingerprint density at radius 3 is 2.40 bits per heavy atom. The third-order valence-electron chi connectivity index (χ3n) is 7.47. The first-order valence-electron chi connectivity index (χ1n) is 14.3. The summed E-state index contributed by atoms with van der Waals surface area (Å²) in [6.45, 7) is 1.29. The van der Waals surface area contributed by atoms with E-state index in [1.807, 2.05) is 0 Å². The van der Waals surface area contributed by atoms with Crippen molar-refractivity contribution in [1.29, 1.82) is 0 Å². The Kier molecular flexibility index (Phi) is 10.9.